The molecule has 1 heterocycles. The van der Waals surface area contributed by atoms with E-state index in [1.165, 1.54) is 25.7 Å². The lowest BCUT2D eigenvalue weighted by Crippen LogP contribution is -2.48. The molecule has 36 heavy (non-hydrogen) atoms. The van der Waals surface area contributed by atoms with Gasteiger partial charge in [-0.05, 0) is 61.4 Å². The van der Waals surface area contributed by atoms with Crippen LogP contribution in [-0.2, 0) is 0 Å². The average molecular weight is 495 g/mol. The molecule has 1 aliphatic heterocycles. The van der Waals surface area contributed by atoms with Gasteiger partial charge in [0.15, 0.2) is 0 Å². The molecule has 2 aromatic carbocycles. The van der Waals surface area contributed by atoms with Gasteiger partial charge in [-0.1, -0.05) is 52.4 Å². The third-order valence-corrected chi connectivity index (χ3v) is 6.61. The second-order valence-corrected chi connectivity index (χ2v) is 9.43. The van der Waals surface area contributed by atoms with Crippen molar-refractivity contribution in [2.45, 2.75) is 65.2 Å². The third-order valence-electron chi connectivity index (χ3n) is 6.61. The fourth-order valence-electron chi connectivity index (χ4n) is 4.42. The van der Waals surface area contributed by atoms with E-state index in [9.17, 15) is 9.59 Å². The van der Waals surface area contributed by atoms with Crippen LogP contribution in [0.25, 0.3) is 0 Å². The highest BCUT2D eigenvalue weighted by Gasteiger charge is 2.20. The molecule has 196 valence electrons. The summed E-state index contributed by atoms with van der Waals surface area (Å²) in [6.07, 6.45) is 9.21. The Hall–Kier alpha value is -3.02. The van der Waals surface area contributed by atoms with Gasteiger partial charge >= 0.3 is 0 Å². The van der Waals surface area contributed by atoms with Crippen molar-refractivity contribution in [1.82, 2.24) is 0 Å². The molecule has 0 spiro atoms. The lowest BCUT2D eigenvalue weighted by atomic mass is 10.2. The minimum Gasteiger partial charge on any atom is -0.494 e. The molecule has 0 bridgehead atoms. The van der Waals surface area contributed by atoms with Gasteiger partial charge in [0.1, 0.15) is 11.5 Å². The molecule has 0 N–H and O–H groups in total. The fourth-order valence-corrected chi connectivity index (χ4v) is 4.42. The van der Waals surface area contributed by atoms with Gasteiger partial charge in [-0.2, -0.15) is 0 Å². The summed E-state index contributed by atoms with van der Waals surface area (Å²) >= 11 is 0. The lowest BCUT2D eigenvalue weighted by Gasteiger charge is -2.36. The largest absolute Gasteiger partial charge is 0.494 e. The van der Waals surface area contributed by atoms with Crippen LogP contribution in [0.2, 0.25) is 0 Å². The molecule has 0 saturated carbocycles. The topological polar surface area (TPSA) is 59.1 Å². The summed E-state index contributed by atoms with van der Waals surface area (Å²) in [6, 6.07) is 14.2. The van der Waals surface area contributed by atoms with Gasteiger partial charge < -0.3 is 19.3 Å². The van der Waals surface area contributed by atoms with Crippen molar-refractivity contribution in [3.05, 3.63) is 69.0 Å². The Morgan fingerprint density at radius 2 is 0.944 bits per heavy atom. The quantitative estimate of drug-likeness (QED) is 0.316. The first-order valence-electron chi connectivity index (χ1n) is 13.7. The average Bonchev–Trinajstić information content (AvgIpc) is 3.19. The van der Waals surface area contributed by atoms with Crippen LogP contribution in [0.3, 0.4) is 0 Å². The number of nitrogens with zero attached hydrogens (tertiary/aromatic N) is 2. The maximum atomic E-state index is 12.7. The van der Waals surface area contributed by atoms with Crippen LogP contribution in [0.15, 0.2) is 58.1 Å². The maximum Gasteiger partial charge on any atom is 0.201 e. The fraction of sp³-hybridized carbons (Fsp3) is 0.533. The number of rotatable bonds is 14. The highest BCUT2D eigenvalue weighted by molar-refractivity contribution is 5.52. The van der Waals surface area contributed by atoms with E-state index < -0.39 is 0 Å². The molecule has 0 radical (unpaired) electrons. The molecule has 0 amide bonds. The second-order valence-electron chi connectivity index (χ2n) is 9.43. The number of ether oxygens (including phenoxy) is 2. The van der Waals surface area contributed by atoms with E-state index in [1.807, 2.05) is 24.3 Å². The number of anilines is 2. The van der Waals surface area contributed by atoms with Crippen molar-refractivity contribution in [2.24, 2.45) is 0 Å². The second kappa shape index (κ2) is 15.2. The van der Waals surface area contributed by atoms with Crippen molar-refractivity contribution in [1.29, 1.82) is 0 Å². The zero-order chi connectivity index (χ0) is 25.6. The SMILES string of the molecule is CCCCCCOc1ccc(N2CCN(c3ccc(OCCCCCC)ccc3=O)CC2)c(=O)cc1. The summed E-state index contributed by atoms with van der Waals surface area (Å²) < 4.78 is 11.7. The summed E-state index contributed by atoms with van der Waals surface area (Å²) in [7, 11) is 0. The zero-order valence-electron chi connectivity index (χ0n) is 22.0. The number of unbranched alkanes of at least 4 members (excludes halogenated alkanes) is 6. The van der Waals surface area contributed by atoms with Crippen molar-refractivity contribution < 1.29 is 9.47 Å². The molecule has 1 saturated heterocycles. The monoisotopic (exact) mass is 494 g/mol. The minimum atomic E-state index is -0.0133. The van der Waals surface area contributed by atoms with Gasteiger partial charge in [0.2, 0.25) is 10.9 Å². The molecule has 1 fully saturated rings. The highest BCUT2D eigenvalue weighted by Crippen LogP contribution is 2.19. The van der Waals surface area contributed by atoms with E-state index >= 15 is 0 Å². The first kappa shape index (κ1) is 27.6. The summed E-state index contributed by atoms with van der Waals surface area (Å²) in [6.45, 7) is 8.41. The van der Waals surface area contributed by atoms with Crippen molar-refractivity contribution in [3.8, 4) is 11.5 Å². The Labute approximate surface area is 215 Å². The van der Waals surface area contributed by atoms with Gasteiger partial charge in [0.25, 0.3) is 0 Å². The number of hydrogen-bond acceptors (Lipinski definition) is 6. The van der Waals surface area contributed by atoms with E-state index in [2.05, 4.69) is 23.6 Å². The lowest BCUT2D eigenvalue weighted by molar-refractivity contribution is 0.305. The Balaban J connectivity index is 1.57. The highest BCUT2D eigenvalue weighted by atomic mass is 16.5. The van der Waals surface area contributed by atoms with Crippen molar-refractivity contribution in [2.75, 3.05) is 49.2 Å². The number of piperazine rings is 1. The summed E-state index contributed by atoms with van der Waals surface area (Å²) in [4.78, 5) is 29.7. The van der Waals surface area contributed by atoms with E-state index in [0.29, 0.717) is 50.8 Å². The third kappa shape index (κ3) is 8.58. The van der Waals surface area contributed by atoms with Crippen LogP contribution in [0.5, 0.6) is 11.5 Å². The minimum absolute atomic E-state index is 0.0133. The summed E-state index contributed by atoms with van der Waals surface area (Å²) in [5.41, 5.74) is 1.33. The van der Waals surface area contributed by atoms with E-state index in [4.69, 9.17) is 9.47 Å². The van der Waals surface area contributed by atoms with E-state index in [-0.39, 0.29) is 10.9 Å². The summed E-state index contributed by atoms with van der Waals surface area (Å²) in [5, 5.41) is 0. The molecular weight excluding hydrogens is 452 g/mol. The van der Waals surface area contributed by atoms with Gasteiger partial charge in [-0.15, -0.1) is 0 Å². The first-order chi connectivity index (χ1) is 17.6. The Bertz CT molecular complexity index is 966. The zero-order valence-corrected chi connectivity index (χ0v) is 22.0. The normalized spacial score (nSPS) is 13.5. The molecule has 2 aromatic rings. The standard InChI is InChI=1S/C30H42N2O4/c1-3-5-7-9-23-35-25-11-15-27(29(33)17-13-25)31-19-21-32(22-20-31)28-16-12-26(14-18-30(28)34)36-24-10-8-6-4-2/h11-18H,3-10,19-24H2,1-2H3. The van der Waals surface area contributed by atoms with Gasteiger partial charge in [0, 0.05) is 26.2 Å². The van der Waals surface area contributed by atoms with E-state index in [1.54, 1.807) is 24.3 Å². The Kier molecular flexibility index (Phi) is 11.6. The first-order valence-corrected chi connectivity index (χ1v) is 13.7. The van der Waals surface area contributed by atoms with Crippen LogP contribution in [0.4, 0.5) is 11.4 Å². The van der Waals surface area contributed by atoms with Crippen LogP contribution < -0.4 is 30.1 Å². The molecule has 0 unspecified atom stereocenters. The molecule has 0 aromatic heterocycles. The van der Waals surface area contributed by atoms with Crippen molar-refractivity contribution >= 4 is 11.4 Å². The molecule has 6 heteroatoms. The summed E-state index contributed by atoms with van der Waals surface area (Å²) in [5.74, 6) is 1.45. The molecule has 3 rings (SSSR count). The van der Waals surface area contributed by atoms with Gasteiger partial charge in [-0.3, -0.25) is 9.59 Å². The molecule has 0 atom stereocenters. The molecule has 1 aliphatic rings. The van der Waals surface area contributed by atoms with Gasteiger partial charge in [-0.25, -0.2) is 0 Å². The van der Waals surface area contributed by atoms with Gasteiger partial charge in [0.05, 0.1) is 24.6 Å². The predicted molar refractivity (Wildman–Crippen MR) is 149 cm³/mol. The van der Waals surface area contributed by atoms with Crippen molar-refractivity contribution in [3.63, 3.8) is 0 Å². The Morgan fingerprint density at radius 1 is 0.556 bits per heavy atom. The number of hydrogen-bond donors (Lipinski definition) is 0. The molecule has 0 aliphatic carbocycles. The maximum absolute atomic E-state index is 12.7. The van der Waals surface area contributed by atoms with Crippen LogP contribution in [0, 0.1) is 0 Å². The van der Waals surface area contributed by atoms with E-state index in [0.717, 1.165) is 37.2 Å². The smallest absolute Gasteiger partial charge is 0.201 e. The molecule has 6 nitrogen and oxygen atoms in total. The van der Waals surface area contributed by atoms with Crippen LogP contribution in [0.1, 0.15) is 65.2 Å². The Morgan fingerprint density at radius 3 is 1.33 bits per heavy atom. The van der Waals surface area contributed by atoms with Crippen LogP contribution >= 0.6 is 0 Å². The molecular formula is C30H42N2O4. The van der Waals surface area contributed by atoms with Crippen LogP contribution in [-0.4, -0.2) is 39.4 Å². The predicted octanol–water partition coefficient (Wildman–Crippen LogP) is 5.65.